The lowest BCUT2D eigenvalue weighted by atomic mass is 10.5. The van der Waals surface area contributed by atoms with Gasteiger partial charge >= 0.3 is 0 Å². The maximum Gasteiger partial charge on any atom is 0.276 e. The Hall–Kier alpha value is -2.39. The van der Waals surface area contributed by atoms with Gasteiger partial charge in [0.2, 0.25) is 5.95 Å². The van der Waals surface area contributed by atoms with Crippen LogP contribution in [0.1, 0.15) is 10.5 Å². The quantitative estimate of drug-likeness (QED) is 0.769. The molecule has 0 bridgehead atoms. The van der Waals surface area contributed by atoms with Crippen LogP contribution < -0.4 is 10.6 Å². The average molecular weight is 304 g/mol. The number of hydrogen-bond acceptors (Lipinski definition) is 8. The van der Waals surface area contributed by atoms with E-state index in [9.17, 15) is 4.79 Å². The predicted octanol–water partition coefficient (Wildman–Crippen LogP) is 2.39. The van der Waals surface area contributed by atoms with Gasteiger partial charge in [-0.15, -0.1) is 22.7 Å². The number of carbonyl (C=O) groups is 1. The molecule has 1 amide bonds. The van der Waals surface area contributed by atoms with Crippen LogP contribution in [-0.2, 0) is 0 Å². The Bertz CT molecular complexity index is 697. The molecule has 20 heavy (non-hydrogen) atoms. The lowest BCUT2D eigenvalue weighted by Gasteiger charge is -1.99. The van der Waals surface area contributed by atoms with Crippen LogP contribution in [0.2, 0.25) is 0 Å². The molecule has 2 N–H and O–H groups in total. The summed E-state index contributed by atoms with van der Waals surface area (Å²) >= 11 is 2.66. The Labute approximate surface area is 121 Å². The van der Waals surface area contributed by atoms with Crippen LogP contribution in [0.5, 0.6) is 0 Å². The van der Waals surface area contributed by atoms with E-state index in [1.165, 1.54) is 22.7 Å². The van der Waals surface area contributed by atoms with Gasteiger partial charge in [0.05, 0.1) is 0 Å². The van der Waals surface area contributed by atoms with E-state index in [0.29, 0.717) is 21.9 Å². The summed E-state index contributed by atoms with van der Waals surface area (Å²) < 4.78 is 0. The molecule has 0 saturated heterocycles. The van der Waals surface area contributed by atoms with Gasteiger partial charge in [-0.05, 0) is 6.07 Å². The highest BCUT2D eigenvalue weighted by Crippen LogP contribution is 2.19. The first-order chi connectivity index (χ1) is 9.81. The molecule has 0 radical (unpaired) electrons. The Morgan fingerprint density at radius 1 is 1.05 bits per heavy atom. The molecular formula is C11H8N6OS2. The van der Waals surface area contributed by atoms with Crippen LogP contribution in [0, 0.1) is 0 Å². The van der Waals surface area contributed by atoms with Crippen LogP contribution in [0.4, 0.5) is 16.2 Å². The minimum atomic E-state index is -0.293. The fourth-order valence-electron chi connectivity index (χ4n) is 1.34. The molecule has 100 valence electrons. The zero-order valence-electron chi connectivity index (χ0n) is 9.98. The van der Waals surface area contributed by atoms with Gasteiger partial charge in [-0.25, -0.2) is 19.9 Å². The number of carbonyl (C=O) groups excluding carboxylic acids is 1. The smallest absolute Gasteiger partial charge is 0.276 e. The SMILES string of the molecule is O=C(Nc1nccs1)c1csc(Nc2ncccn2)n1. The van der Waals surface area contributed by atoms with Gasteiger partial charge in [-0.3, -0.25) is 10.1 Å². The van der Waals surface area contributed by atoms with Gasteiger partial charge in [-0.2, -0.15) is 0 Å². The van der Waals surface area contributed by atoms with Crippen molar-refractivity contribution in [3.63, 3.8) is 0 Å². The number of nitrogens with one attached hydrogen (secondary N) is 2. The standard InChI is InChI=1S/C11H8N6OS2/c18-8(16-10-14-4-5-19-10)7-6-20-11(15-7)17-9-12-2-1-3-13-9/h1-6H,(H,14,16,18)(H,12,13,15,17). The summed E-state index contributed by atoms with van der Waals surface area (Å²) in [5, 5.41) is 10.1. The second-order valence-electron chi connectivity index (χ2n) is 3.53. The molecular weight excluding hydrogens is 296 g/mol. The van der Waals surface area contributed by atoms with Gasteiger partial charge in [-0.1, -0.05) is 0 Å². The highest BCUT2D eigenvalue weighted by molar-refractivity contribution is 7.14. The number of amides is 1. The van der Waals surface area contributed by atoms with Crippen molar-refractivity contribution in [2.24, 2.45) is 0 Å². The van der Waals surface area contributed by atoms with E-state index in [1.54, 1.807) is 35.4 Å². The van der Waals surface area contributed by atoms with Gasteiger partial charge < -0.3 is 5.32 Å². The minimum absolute atomic E-state index is 0.293. The Kier molecular flexibility index (Phi) is 3.61. The van der Waals surface area contributed by atoms with Gasteiger partial charge in [0.1, 0.15) is 5.69 Å². The monoisotopic (exact) mass is 304 g/mol. The van der Waals surface area contributed by atoms with Crippen molar-refractivity contribution in [2.45, 2.75) is 0 Å². The molecule has 0 aromatic carbocycles. The molecule has 3 heterocycles. The summed E-state index contributed by atoms with van der Waals surface area (Å²) in [4.78, 5) is 28.1. The van der Waals surface area contributed by atoms with Crippen molar-refractivity contribution in [1.82, 2.24) is 19.9 Å². The average Bonchev–Trinajstić information content (AvgIpc) is 3.11. The summed E-state index contributed by atoms with van der Waals surface area (Å²) in [5.41, 5.74) is 0.323. The van der Waals surface area contributed by atoms with Crippen molar-refractivity contribution >= 4 is 44.8 Å². The van der Waals surface area contributed by atoms with Gasteiger partial charge in [0.25, 0.3) is 5.91 Å². The molecule has 7 nitrogen and oxygen atoms in total. The molecule has 3 aromatic rings. The van der Waals surface area contributed by atoms with E-state index in [0.717, 1.165) is 0 Å². The zero-order valence-corrected chi connectivity index (χ0v) is 11.6. The Morgan fingerprint density at radius 2 is 1.90 bits per heavy atom. The summed E-state index contributed by atoms with van der Waals surface area (Å²) in [7, 11) is 0. The molecule has 3 aromatic heterocycles. The fourth-order valence-corrected chi connectivity index (χ4v) is 2.55. The third-order valence-electron chi connectivity index (χ3n) is 2.17. The maximum absolute atomic E-state index is 11.9. The molecule has 0 saturated carbocycles. The van der Waals surface area contributed by atoms with Crippen molar-refractivity contribution in [2.75, 3.05) is 10.6 Å². The maximum atomic E-state index is 11.9. The highest BCUT2D eigenvalue weighted by Gasteiger charge is 2.12. The van der Waals surface area contributed by atoms with E-state index in [1.807, 2.05) is 0 Å². The van der Waals surface area contributed by atoms with Crippen LogP contribution in [0.3, 0.4) is 0 Å². The molecule has 0 spiro atoms. The zero-order chi connectivity index (χ0) is 13.8. The van der Waals surface area contributed by atoms with E-state index in [4.69, 9.17) is 0 Å². The van der Waals surface area contributed by atoms with Crippen LogP contribution in [0.15, 0.2) is 35.4 Å². The van der Waals surface area contributed by atoms with E-state index >= 15 is 0 Å². The Balaban J connectivity index is 1.69. The summed E-state index contributed by atoms with van der Waals surface area (Å²) in [6.07, 6.45) is 4.87. The van der Waals surface area contributed by atoms with Crippen molar-refractivity contribution in [1.29, 1.82) is 0 Å². The van der Waals surface area contributed by atoms with Crippen LogP contribution >= 0.6 is 22.7 Å². The number of nitrogens with zero attached hydrogens (tertiary/aromatic N) is 4. The van der Waals surface area contributed by atoms with Crippen molar-refractivity contribution in [3.8, 4) is 0 Å². The Morgan fingerprint density at radius 3 is 2.65 bits per heavy atom. The molecule has 9 heteroatoms. The molecule has 0 aliphatic heterocycles. The lowest BCUT2D eigenvalue weighted by Crippen LogP contribution is -2.12. The second kappa shape index (κ2) is 5.72. The second-order valence-corrected chi connectivity index (χ2v) is 5.28. The number of thiazole rings is 2. The number of hydrogen-bond donors (Lipinski definition) is 2. The number of anilines is 3. The van der Waals surface area contributed by atoms with Crippen molar-refractivity contribution in [3.05, 3.63) is 41.1 Å². The first-order valence-electron chi connectivity index (χ1n) is 5.52. The predicted molar refractivity (Wildman–Crippen MR) is 77.5 cm³/mol. The van der Waals surface area contributed by atoms with E-state index in [2.05, 4.69) is 30.6 Å². The third-order valence-corrected chi connectivity index (χ3v) is 3.62. The summed E-state index contributed by atoms with van der Waals surface area (Å²) in [6, 6.07) is 1.72. The molecule has 0 unspecified atom stereocenters. The highest BCUT2D eigenvalue weighted by atomic mass is 32.1. The molecule has 0 aliphatic rings. The van der Waals surface area contributed by atoms with Gasteiger partial charge in [0, 0.05) is 29.4 Å². The minimum Gasteiger partial charge on any atom is -0.300 e. The van der Waals surface area contributed by atoms with E-state index in [-0.39, 0.29) is 5.91 Å². The normalized spacial score (nSPS) is 10.2. The topological polar surface area (TPSA) is 92.7 Å². The first kappa shape index (κ1) is 12.6. The van der Waals surface area contributed by atoms with Crippen molar-refractivity contribution < 1.29 is 4.79 Å². The molecule has 0 aliphatic carbocycles. The van der Waals surface area contributed by atoms with Crippen LogP contribution in [-0.4, -0.2) is 25.8 Å². The number of rotatable bonds is 4. The third kappa shape index (κ3) is 2.95. The van der Waals surface area contributed by atoms with Gasteiger partial charge in [0.15, 0.2) is 10.3 Å². The molecule has 3 rings (SSSR count). The van der Waals surface area contributed by atoms with E-state index < -0.39 is 0 Å². The largest absolute Gasteiger partial charge is 0.300 e. The first-order valence-corrected chi connectivity index (χ1v) is 7.27. The fraction of sp³-hybridized carbons (Fsp3) is 0. The van der Waals surface area contributed by atoms with Crippen LogP contribution in [0.25, 0.3) is 0 Å². The lowest BCUT2D eigenvalue weighted by molar-refractivity contribution is 0.102. The molecule has 0 fully saturated rings. The number of aromatic nitrogens is 4. The molecule has 0 atom stereocenters. The summed E-state index contributed by atoms with van der Waals surface area (Å²) in [5.74, 6) is 0.145. The summed E-state index contributed by atoms with van der Waals surface area (Å²) in [6.45, 7) is 0.